The standard InChI is InChI=1S/C33H37N3O7S/c1-5-42-31(38)23-14-16-35(17-15-23)27(37)18-24-20-44-33-34-21(2)28(32(39)43-19-22-10-7-6-8-11-22)29(36(24)33)25-12-9-13-26(40-3)30(25)41-4/h6-13,20,23,29H,5,14-19H2,1-4H3/t29-/m0/s1. The molecule has 2 aromatic carbocycles. The minimum atomic E-state index is -0.681. The van der Waals surface area contributed by atoms with Crippen LogP contribution in [0.2, 0.25) is 0 Å². The highest BCUT2D eigenvalue weighted by molar-refractivity contribution is 8.16. The third-order valence-electron chi connectivity index (χ3n) is 7.96. The van der Waals surface area contributed by atoms with Gasteiger partial charge >= 0.3 is 11.9 Å². The lowest BCUT2D eigenvalue weighted by Crippen LogP contribution is -2.42. The van der Waals surface area contributed by atoms with Crippen LogP contribution in [0.3, 0.4) is 0 Å². The number of hydrogen-bond acceptors (Lipinski definition) is 10. The van der Waals surface area contributed by atoms with Gasteiger partial charge in [0, 0.05) is 24.4 Å². The summed E-state index contributed by atoms with van der Waals surface area (Å²) < 4.78 is 22.4. The van der Waals surface area contributed by atoms with Gasteiger partial charge in [-0.2, -0.15) is 0 Å². The fraction of sp³-hybridized carbons (Fsp3) is 0.394. The van der Waals surface area contributed by atoms with Gasteiger partial charge in [-0.3, -0.25) is 9.59 Å². The number of para-hydroxylation sites is 1. The van der Waals surface area contributed by atoms with Crippen LogP contribution < -0.4 is 9.47 Å². The zero-order valence-corrected chi connectivity index (χ0v) is 26.2. The first kappa shape index (κ1) is 31.2. The Hall–Kier alpha value is -4.25. The zero-order chi connectivity index (χ0) is 31.2. The van der Waals surface area contributed by atoms with Gasteiger partial charge in [0.25, 0.3) is 0 Å². The molecule has 3 heterocycles. The minimum Gasteiger partial charge on any atom is -0.493 e. The Kier molecular flexibility index (Phi) is 9.94. The van der Waals surface area contributed by atoms with Crippen LogP contribution in [0.4, 0.5) is 0 Å². The van der Waals surface area contributed by atoms with Crippen LogP contribution in [-0.2, 0) is 30.5 Å². The Labute approximate surface area is 261 Å². The van der Waals surface area contributed by atoms with Gasteiger partial charge in [-0.15, -0.1) is 0 Å². The highest BCUT2D eigenvalue weighted by Gasteiger charge is 2.43. The lowest BCUT2D eigenvalue weighted by atomic mass is 9.92. The highest BCUT2D eigenvalue weighted by atomic mass is 32.2. The Morgan fingerprint density at radius 1 is 0.977 bits per heavy atom. The van der Waals surface area contributed by atoms with E-state index in [2.05, 4.69) is 0 Å². The van der Waals surface area contributed by atoms with Gasteiger partial charge < -0.3 is 28.7 Å². The van der Waals surface area contributed by atoms with Crippen molar-refractivity contribution < 1.29 is 33.3 Å². The average Bonchev–Trinajstić information content (AvgIpc) is 3.44. The van der Waals surface area contributed by atoms with Gasteiger partial charge in [0.1, 0.15) is 6.61 Å². The van der Waals surface area contributed by atoms with Crippen molar-refractivity contribution in [2.45, 2.75) is 45.8 Å². The molecule has 0 unspecified atom stereocenters. The zero-order valence-electron chi connectivity index (χ0n) is 25.4. The number of amidine groups is 1. The molecule has 0 aliphatic carbocycles. The van der Waals surface area contributed by atoms with Crippen molar-refractivity contribution in [2.75, 3.05) is 33.9 Å². The molecule has 0 N–H and O–H groups in total. The molecule has 3 aliphatic heterocycles. The summed E-state index contributed by atoms with van der Waals surface area (Å²) in [5.41, 5.74) is 3.14. The lowest BCUT2D eigenvalue weighted by molar-refractivity contribution is -0.151. The van der Waals surface area contributed by atoms with Crippen LogP contribution in [0.5, 0.6) is 11.5 Å². The normalized spacial score (nSPS) is 18.3. The summed E-state index contributed by atoms with van der Waals surface area (Å²) in [4.78, 5) is 48.1. The van der Waals surface area contributed by atoms with Crippen LogP contribution in [-0.4, -0.2) is 66.7 Å². The van der Waals surface area contributed by atoms with Crippen LogP contribution >= 0.6 is 11.8 Å². The molecule has 0 radical (unpaired) electrons. The van der Waals surface area contributed by atoms with Gasteiger partial charge in [-0.1, -0.05) is 54.2 Å². The van der Waals surface area contributed by atoms with Crippen molar-refractivity contribution in [3.05, 3.63) is 82.0 Å². The Bertz CT molecular complexity index is 1500. The van der Waals surface area contributed by atoms with Gasteiger partial charge in [0.05, 0.1) is 50.5 Å². The number of aliphatic imine (C=N–C) groups is 1. The van der Waals surface area contributed by atoms with Crippen molar-refractivity contribution in [1.82, 2.24) is 9.80 Å². The molecule has 10 nitrogen and oxygen atoms in total. The first-order valence-corrected chi connectivity index (χ1v) is 15.5. The van der Waals surface area contributed by atoms with E-state index < -0.39 is 12.0 Å². The van der Waals surface area contributed by atoms with E-state index in [-0.39, 0.29) is 30.8 Å². The molecule has 11 heteroatoms. The number of benzene rings is 2. The molecule has 2 aromatic rings. The van der Waals surface area contributed by atoms with Crippen molar-refractivity contribution in [3.63, 3.8) is 0 Å². The number of methoxy groups -OCH3 is 2. The summed E-state index contributed by atoms with van der Waals surface area (Å²) in [7, 11) is 3.12. The predicted molar refractivity (Wildman–Crippen MR) is 167 cm³/mol. The number of fused-ring (bicyclic) bond motifs is 1. The highest BCUT2D eigenvalue weighted by Crippen LogP contribution is 2.49. The molecule has 3 aliphatic rings. The maximum Gasteiger partial charge on any atom is 0.338 e. The lowest BCUT2D eigenvalue weighted by Gasteiger charge is -2.37. The third kappa shape index (κ3) is 6.47. The van der Waals surface area contributed by atoms with E-state index in [1.54, 1.807) is 39.0 Å². The smallest absolute Gasteiger partial charge is 0.338 e. The second kappa shape index (κ2) is 14.0. The fourth-order valence-corrected chi connectivity index (χ4v) is 6.71. The molecular weight excluding hydrogens is 582 g/mol. The summed E-state index contributed by atoms with van der Waals surface area (Å²) in [6.07, 6.45) is 1.24. The Morgan fingerprint density at radius 2 is 1.73 bits per heavy atom. The largest absolute Gasteiger partial charge is 0.493 e. The molecule has 1 fully saturated rings. The molecule has 232 valence electrons. The number of allylic oxidation sites excluding steroid dienone is 1. The van der Waals surface area contributed by atoms with Crippen LogP contribution in [0.25, 0.3) is 0 Å². The fourth-order valence-electron chi connectivity index (χ4n) is 5.74. The van der Waals surface area contributed by atoms with Crippen molar-refractivity contribution >= 4 is 34.8 Å². The average molecular weight is 620 g/mol. The molecular formula is C33H37N3O7S. The maximum absolute atomic E-state index is 13.8. The van der Waals surface area contributed by atoms with Gasteiger partial charge in [-0.05, 0) is 43.7 Å². The van der Waals surface area contributed by atoms with E-state index in [0.29, 0.717) is 71.7 Å². The first-order chi connectivity index (χ1) is 21.4. The van der Waals surface area contributed by atoms with E-state index in [4.69, 9.17) is 23.9 Å². The van der Waals surface area contributed by atoms with Crippen molar-refractivity contribution in [1.29, 1.82) is 0 Å². The van der Waals surface area contributed by atoms with E-state index in [0.717, 1.165) is 5.56 Å². The molecule has 0 bridgehead atoms. The van der Waals surface area contributed by atoms with E-state index in [9.17, 15) is 14.4 Å². The second-order valence-corrected chi connectivity index (χ2v) is 11.5. The monoisotopic (exact) mass is 619 g/mol. The number of rotatable bonds is 10. The van der Waals surface area contributed by atoms with Gasteiger partial charge in [-0.25, -0.2) is 9.79 Å². The number of piperidine rings is 1. The Morgan fingerprint density at radius 3 is 2.41 bits per heavy atom. The molecule has 1 saturated heterocycles. The van der Waals surface area contributed by atoms with E-state index in [1.807, 2.05) is 52.8 Å². The number of hydrogen-bond donors (Lipinski definition) is 0. The summed E-state index contributed by atoms with van der Waals surface area (Å²) in [6, 6.07) is 14.3. The summed E-state index contributed by atoms with van der Waals surface area (Å²) in [6.45, 7) is 4.99. The molecule has 0 aromatic heterocycles. The number of likely N-dealkylation sites (tertiary alicyclic amines) is 1. The molecule has 44 heavy (non-hydrogen) atoms. The molecule has 5 rings (SSSR count). The number of thioether (sulfide) groups is 1. The van der Waals surface area contributed by atoms with Crippen LogP contribution in [0, 0.1) is 5.92 Å². The second-order valence-electron chi connectivity index (χ2n) is 10.6. The van der Waals surface area contributed by atoms with E-state index in [1.165, 1.54) is 11.8 Å². The van der Waals surface area contributed by atoms with Crippen LogP contribution in [0.15, 0.2) is 75.9 Å². The molecule has 1 atom stereocenters. The number of ether oxygens (including phenoxy) is 4. The Balaban J connectivity index is 1.43. The molecule has 1 amide bonds. The molecule has 0 spiro atoms. The van der Waals surface area contributed by atoms with Crippen molar-refractivity contribution in [2.24, 2.45) is 10.9 Å². The minimum absolute atomic E-state index is 0.0590. The summed E-state index contributed by atoms with van der Waals surface area (Å²) in [5, 5.41) is 2.56. The predicted octanol–water partition coefficient (Wildman–Crippen LogP) is 5.21. The topological polar surface area (TPSA) is 107 Å². The number of esters is 2. The van der Waals surface area contributed by atoms with Gasteiger partial charge in [0.2, 0.25) is 5.91 Å². The third-order valence-corrected chi connectivity index (χ3v) is 8.85. The quantitative estimate of drug-likeness (QED) is 0.331. The number of carbonyl (C=O) groups excluding carboxylic acids is 3. The van der Waals surface area contributed by atoms with Crippen molar-refractivity contribution in [3.8, 4) is 11.5 Å². The number of nitrogens with zero attached hydrogens (tertiary/aromatic N) is 3. The molecule has 0 saturated carbocycles. The van der Waals surface area contributed by atoms with Gasteiger partial charge in [0.15, 0.2) is 16.7 Å². The van der Waals surface area contributed by atoms with Crippen LogP contribution in [0.1, 0.15) is 50.3 Å². The SMILES string of the molecule is CCOC(=O)C1CCN(C(=O)CC2=CSC3=NC(C)=C(C(=O)OCc4ccccc4)[C@H](c4cccc(OC)c4OC)N23)CC1. The number of amides is 1. The first-order valence-electron chi connectivity index (χ1n) is 14.7. The summed E-state index contributed by atoms with van der Waals surface area (Å²) >= 11 is 1.41. The number of carbonyl (C=O) groups is 3. The summed E-state index contributed by atoms with van der Waals surface area (Å²) in [5.74, 6) is 0.0349. The van der Waals surface area contributed by atoms with E-state index >= 15 is 0 Å². The maximum atomic E-state index is 13.8.